The third kappa shape index (κ3) is 4.24. The minimum Gasteiger partial charge on any atom is -0.491 e. The number of ether oxygens (including phenoxy) is 1. The number of aliphatic hydroxyl groups is 1. The highest BCUT2D eigenvalue weighted by atomic mass is 32.1. The fourth-order valence-electron chi connectivity index (χ4n) is 4.29. The average molecular weight is 475 g/mol. The fraction of sp³-hybridized carbons (Fsp3) is 0.320. The molecular weight excluding hydrogens is 448 g/mol. The van der Waals surface area contributed by atoms with Crippen molar-refractivity contribution in [2.45, 2.75) is 31.7 Å². The van der Waals surface area contributed by atoms with E-state index >= 15 is 0 Å². The van der Waals surface area contributed by atoms with E-state index in [9.17, 15) is 5.11 Å². The second-order valence-electron chi connectivity index (χ2n) is 8.63. The topological polar surface area (TPSA) is 98.0 Å². The molecule has 5 heterocycles. The first-order valence-electron chi connectivity index (χ1n) is 11.3. The minimum absolute atomic E-state index is 0.0726. The van der Waals surface area contributed by atoms with Crippen LogP contribution in [0.5, 0.6) is 5.75 Å². The summed E-state index contributed by atoms with van der Waals surface area (Å²) in [6, 6.07) is 7.94. The Hall–Kier alpha value is -3.43. The SMILES string of the molecule is C[C@@](C=S)(CNc1cc(-c2cnc3c(ccn3CCO)c2)ncn1)c1ccnc2c1OCCC2. The number of aryl methyl sites for hydroxylation is 1. The molecule has 5 rings (SSSR count). The van der Waals surface area contributed by atoms with Gasteiger partial charge in [0.25, 0.3) is 0 Å². The van der Waals surface area contributed by atoms with E-state index in [0.717, 1.165) is 52.1 Å². The zero-order valence-corrected chi connectivity index (χ0v) is 19.8. The largest absolute Gasteiger partial charge is 0.491 e. The molecule has 0 amide bonds. The predicted molar refractivity (Wildman–Crippen MR) is 135 cm³/mol. The van der Waals surface area contributed by atoms with Gasteiger partial charge in [-0.25, -0.2) is 15.0 Å². The summed E-state index contributed by atoms with van der Waals surface area (Å²) in [5, 5.41) is 15.4. The summed E-state index contributed by atoms with van der Waals surface area (Å²) in [4.78, 5) is 17.9. The summed E-state index contributed by atoms with van der Waals surface area (Å²) in [6.45, 7) is 3.93. The molecule has 2 N–H and O–H groups in total. The molecule has 0 saturated heterocycles. The molecule has 1 atom stereocenters. The number of thiocarbonyl (C=S) groups is 1. The Labute approximate surface area is 203 Å². The third-order valence-electron chi connectivity index (χ3n) is 6.20. The van der Waals surface area contributed by atoms with Crippen molar-refractivity contribution in [2.75, 3.05) is 25.1 Å². The van der Waals surface area contributed by atoms with Crippen LogP contribution in [0.25, 0.3) is 22.3 Å². The number of nitrogens with zero attached hydrogens (tertiary/aromatic N) is 5. The molecule has 34 heavy (non-hydrogen) atoms. The van der Waals surface area contributed by atoms with Gasteiger partial charge in [0.15, 0.2) is 0 Å². The Morgan fingerprint density at radius 3 is 3.00 bits per heavy atom. The van der Waals surface area contributed by atoms with E-state index in [1.165, 1.54) is 0 Å². The van der Waals surface area contributed by atoms with E-state index in [2.05, 4.69) is 32.2 Å². The van der Waals surface area contributed by atoms with Crippen LogP contribution in [0.3, 0.4) is 0 Å². The molecule has 9 heteroatoms. The van der Waals surface area contributed by atoms with E-state index < -0.39 is 5.41 Å². The van der Waals surface area contributed by atoms with Crippen LogP contribution in [-0.2, 0) is 18.4 Å². The van der Waals surface area contributed by atoms with E-state index in [1.54, 1.807) is 17.9 Å². The lowest BCUT2D eigenvalue weighted by molar-refractivity contribution is 0.278. The fourth-order valence-corrected chi connectivity index (χ4v) is 4.50. The Bertz CT molecular complexity index is 1340. The van der Waals surface area contributed by atoms with E-state index in [-0.39, 0.29) is 6.61 Å². The van der Waals surface area contributed by atoms with Crippen molar-refractivity contribution in [3.05, 3.63) is 60.4 Å². The van der Waals surface area contributed by atoms with Crippen LogP contribution in [0.15, 0.2) is 49.2 Å². The molecule has 0 bridgehead atoms. The highest BCUT2D eigenvalue weighted by Crippen LogP contribution is 2.35. The maximum Gasteiger partial charge on any atom is 0.144 e. The Kier molecular flexibility index (Phi) is 6.21. The number of pyridine rings is 2. The molecule has 0 unspecified atom stereocenters. The van der Waals surface area contributed by atoms with Gasteiger partial charge < -0.3 is 19.7 Å². The molecule has 0 fully saturated rings. The average Bonchev–Trinajstić information content (AvgIpc) is 3.29. The molecule has 1 aliphatic heterocycles. The van der Waals surface area contributed by atoms with Gasteiger partial charge in [-0.05, 0) is 43.3 Å². The summed E-state index contributed by atoms with van der Waals surface area (Å²) in [5.41, 5.74) is 4.10. The zero-order chi connectivity index (χ0) is 23.5. The van der Waals surface area contributed by atoms with Crippen molar-refractivity contribution in [2.24, 2.45) is 0 Å². The number of rotatable bonds is 8. The summed E-state index contributed by atoms with van der Waals surface area (Å²) < 4.78 is 7.91. The predicted octanol–water partition coefficient (Wildman–Crippen LogP) is 3.58. The molecule has 4 aromatic heterocycles. The number of anilines is 1. The van der Waals surface area contributed by atoms with Gasteiger partial charge >= 0.3 is 0 Å². The zero-order valence-electron chi connectivity index (χ0n) is 18.9. The number of fused-ring (bicyclic) bond motifs is 2. The van der Waals surface area contributed by atoms with Crippen molar-refractivity contribution >= 4 is 34.4 Å². The maximum absolute atomic E-state index is 9.23. The molecule has 174 valence electrons. The van der Waals surface area contributed by atoms with Gasteiger partial charge in [0.2, 0.25) is 0 Å². The quantitative estimate of drug-likeness (QED) is 0.374. The van der Waals surface area contributed by atoms with E-state index in [4.69, 9.17) is 17.0 Å². The van der Waals surface area contributed by atoms with Crippen LogP contribution in [0.4, 0.5) is 5.82 Å². The summed E-state index contributed by atoms with van der Waals surface area (Å²) >= 11 is 5.46. The molecule has 4 aromatic rings. The van der Waals surface area contributed by atoms with Crippen LogP contribution in [0.1, 0.15) is 24.6 Å². The van der Waals surface area contributed by atoms with Crippen LogP contribution in [0.2, 0.25) is 0 Å². The molecule has 8 nitrogen and oxygen atoms in total. The summed E-state index contributed by atoms with van der Waals surface area (Å²) in [6.07, 6.45) is 9.00. The molecular formula is C25H26N6O2S. The van der Waals surface area contributed by atoms with Gasteiger partial charge in [-0.1, -0.05) is 12.2 Å². The van der Waals surface area contributed by atoms with Gasteiger partial charge in [-0.2, -0.15) is 0 Å². The molecule has 0 spiro atoms. The second-order valence-corrected chi connectivity index (χ2v) is 8.87. The lowest BCUT2D eigenvalue weighted by Gasteiger charge is -2.30. The number of aromatic nitrogens is 5. The van der Waals surface area contributed by atoms with Crippen molar-refractivity contribution in [1.29, 1.82) is 0 Å². The third-order valence-corrected chi connectivity index (χ3v) is 6.72. The molecule has 0 radical (unpaired) electrons. The molecule has 0 aliphatic carbocycles. The van der Waals surface area contributed by atoms with Crippen LogP contribution in [0, 0.1) is 0 Å². The molecule has 0 saturated carbocycles. The summed E-state index contributed by atoms with van der Waals surface area (Å²) in [5.74, 6) is 1.56. The number of hydrogen-bond acceptors (Lipinski definition) is 8. The monoisotopic (exact) mass is 474 g/mol. The highest BCUT2D eigenvalue weighted by Gasteiger charge is 2.30. The Balaban J connectivity index is 1.38. The van der Waals surface area contributed by atoms with E-state index in [0.29, 0.717) is 25.5 Å². The lowest BCUT2D eigenvalue weighted by Crippen LogP contribution is -2.34. The van der Waals surface area contributed by atoms with Crippen molar-refractivity contribution in [1.82, 2.24) is 24.5 Å². The Morgan fingerprint density at radius 2 is 2.15 bits per heavy atom. The first kappa shape index (κ1) is 22.4. The normalized spacial score (nSPS) is 14.8. The van der Waals surface area contributed by atoms with Crippen molar-refractivity contribution < 1.29 is 9.84 Å². The lowest BCUT2D eigenvalue weighted by atomic mass is 9.83. The number of aliphatic hydroxyl groups excluding tert-OH is 1. The molecule has 1 aliphatic rings. The first-order valence-corrected chi connectivity index (χ1v) is 11.8. The van der Waals surface area contributed by atoms with Gasteiger partial charge in [-0.3, -0.25) is 4.98 Å². The van der Waals surface area contributed by atoms with Gasteiger partial charge in [0.05, 0.1) is 24.6 Å². The summed E-state index contributed by atoms with van der Waals surface area (Å²) in [7, 11) is 0. The van der Waals surface area contributed by atoms with Crippen molar-refractivity contribution in [3.63, 3.8) is 0 Å². The van der Waals surface area contributed by atoms with Gasteiger partial charge in [0, 0.05) is 59.7 Å². The number of hydrogen-bond donors (Lipinski definition) is 2. The minimum atomic E-state index is -0.444. The molecule has 0 aromatic carbocycles. The first-order chi connectivity index (χ1) is 16.6. The smallest absolute Gasteiger partial charge is 0.144 e. The van der Waals surface area contributed by atoms with Gasteiger partial charge in [-0.15, -0.1) is 0 Å². The Morgan fingerprint density at radius 1 is 1.24 bits per heavy atom. The van der Waals surface area contributed by atoms with Crippen LogP contribution in [-0.4, -0.2) is 54.7 Å². The standard InChI is InChI=1S/C25H26N6O2S/c1-25(15-34,19-4-6-26-20-3-2-10-33-23(19)20)14-28-22-12-21(29-16-30-22)18-11-17-5-7-31(8-9-32)24(17)27-13-18/h4-7,11-13,15-16,32H,2-3,8-10,14H2,1H3,(H,28,29,30)/t25-/m0/s1. The maximum atomic E-state index is 9.23. The second kappa shape index (κ2) is 9.44. The van der Waals surface area contributed by atoms with Crippen LogP contribution >= 0.6 is 12.2 Å². The van der Waals surface area contributed by atoms with E-state index in [1.807, 2.05) is 41.2 Å². The van der Waals surface area contributed by atoms with Gasteiger partial charge in [0.1, 0.15) is 23.5 Å². The van der Waals surface area contributed by atoms with Crippen LogP contribution < -0.4 is 10.1 Å². The number of nitrogens with one attached hydrogen (secondary N) is 1. The van der Waals surface area contributed by atoms with Crippen molar-refractivity contribution in [3.8, 4) is 17.0 Å². The highest BCUT2D eigenvalue weighted by molar-refractivity contribution is 7.79.